The first-order chi connectivity index (χ1) is 13.6. The van der Waals surface area contributed by atoms with Gasteiger partial charge in [-0.2, -0.15) is 0 Å². The van der Waals surface area contributed by atoms with Crippen molar-refractivity contribution >= 4 is 10.9 Å². The Labute approximate surface area is 166 Å². The number of nitrogens with zero attached hydrogens (tertiary/aromatic N) is 3. The van der Waals surface area contributed by atoms with Crippen molar-refractivity contribution in [1.82, 2.24) is 19.8 Å². The van der Waals surface area contributed by atoms with Gasteiger partial charge >= 0.3 is 0 Å². The van der Waals surface area contributed by atoms with E-state index in [1.165, 1.54) is 36.7 Å². The molecule has 3 heterocycles. The predicted molar refractivity (Wildman–Crippen MR) is 112 cm³/mol. The number of nitrogens with one attached hydrogen (secondary N) is 1. The van der Waals surface area contributed by atoms with Gasteiger partial charge in [-0.1, -0.05) is 13.0 Å². The number of aromatic nitrogens is 2. The van der Waals surface area contributed by atoms with Crippen LogP contribution in [0, 0.1) is 12.7 Å². The van der Waals surface area contributed by atoms with E-state index in [4.69, 9.17) is 0 Å². The van der Waals surface area contributed by atoms with Gasteiger partial charge in [-0.15, -0.1) is 0 Å². The number of H-pyrrole nitrogens is 1. The summed E-state index contributed by atoms with van der Waals surface area (Å²) in [5, 5.41) is 0.979. The number of likely N-dealkylation sites (N-methyl/N-ethyl adjacent to an activating group) is 1. The third-order valence-corrected chi connectivity index (χ3v) is 6.01. The first-order valence-corrected chi connectivity index (χ1v) is 10.3. The summed E-state index contributed by atoms with van der Waals surface area (Å²) in [6.45, 7) is 9.37. The molecule has 4 nitrogen and oxygen atoms in total. The monoisotopic (exact) mass is 380 g/mol. The van der Waals surface area contributed by atoms with Crippen LogP contribution >= 0.6 is 0 Å². The molecule has 1 aliphatic heterocycles. The Bertz CT molecular complexity index is 921. The number of aryl methyl sites for hydroxylation is 1. The molecule has 1 aliphatic rings. The third-order valence-electron chi connectivity index (χ3n) is 6.01. The minimum atomic E-state index is -0.182. The molecule has 5 heteroatoms. The highest BCUT2D eigenvalue weighted by Gasteiger charge is 2.26. The molecule has 0 saturated carbocycles. The van der Waals surface area contributed by atoms with Crippen molar-refractivity contribution < 1.29 is 4.39 Å². The minimum Gasteiger partial charge on any atom is -0.357 e. The van der Waals surface area contributed by atoms with Gasteiger partial charge in [0.15, 0.2) is 0 Å². The molecule has 0 radical (unpaired) electrons. The number of rotatable bonds is 7. The zero-order valence-electron chi connectivity index (χ0n) is 16.8. The molecule has 3 aromatic rings. The summed E-state index contributed by atoms with van der Waals surface area (Å²) >= 11 is 0. The number of pyridine rings is 1. The van der Waals surface area contributed by atoms with E-state index < -0.39 is 0 Å². The van der Waals surface area contributed by atoms with E-state index >= 15 is 0 Å². The van der Waals surface area contributed by atoms with Gasteiger partial charge in [-0.3, -0.25) is 14.8 Å². The molecular formula is C23H29FN4. The van der Waals surface area contributed by atoms with Crippen molar-refractivity contribution in [2.45, 2.75) is 45.8 Å². The Morgan fingerprint density at radius 1 is 1.29 bits per heavy atom. The molecule has 148 valence electrons. The number of fused-ring (bicyclic) bond motifs is 1. The fourth-order valence-electron chi connectivity index (χ4n) is 4.49. The molecule has 0 aliphatic carbocycles. The van der Waals surface area contributed by atoms with E-state index in [1.807, 2.05) is 24.5 Å². The standard InChI is InChI=1S/C23H29FN4/c1-3-28-11-5-7-20(28)15-27(14-18-6-4-10-25-13-18)16-23-17(2)21-12-19(24)8-9-22(21)26-23/h4,6,8-10,12-13,20,26H,3,5,7,11,14-16H2,1-2H3. The Morgan fingerprint density at radius 3 is 2.96 bits per heavy atom. The third kappa shape index (κ3) is 4.10. The Morgan fingerprint density at radius 2 is 2.18 bits per heavy atom. The second kappa shape index (κ2) is 8.41. The molecule has 1 atom stereocenters. The fourth-order valence-corrected chi connectivity index (χ4v) is 4.49. The van der Waals surface area contributed by atoms with Crippen LogP contribution in [0.3, 0.4) is 0 Å². The smallest absolute Gasteiger partial charge is 0.123 e. The molecule has 0 spiro atoms. The van der Waals surface area contributed by atoms with Gasteiger partial charge in [0.05, 0.1) is 0 Å². The van der Waals surface area contributed by atoms with Crippen LogP contribution in [0.15, 0.2) is 42.7 Å². The lowest BCUT2D eigenvalue weighted by molar-refractivity contribution is 0.164. The minimum absolute atomic E-state index is 0.182. The van der Waals surface area contributed by atoms with Crippen molar-refractivity contribution in [3.63, 3.8) is 0 Å². The summed E-state index contributed by atoms with van der Waals surface area (Å²) in [6.07, 6.45) is 6.31. The van der Waals surface area contributed by atoms with Crippen LogP contribution in [0.2, 0.25) is 0 Å². The van der Waals surface area contributed by atoms with Crippen LogP contribution in [-0.4, -0.2) is 45.4 Å². The summed E-state index contributed by atoms with van der Waals surface area (Å²) in [5.74, 6) is -0.182. The van der Waals surface area contributed by atoms with E-state index in [0.717, 1.165) is 42.6 Å². The van der Waals surface area contributed by atoms with Crippen molar-refractivity contribution in [1.29, 1.82) is 0 Å². The SMILES string of the molecule is CCN1CCCC1CN(Cc1cccnc1)Cc1[nH]c2ccc(F)cc2c1C. The van der Waals surface area contributed by atoms with E-state index in [0.29, 0.717) is 6.04 Å². The predicted octanol–water partition coefficient (Wildman–Crippen LogP) is 4.50. The molecule has 28 heavy (non-hydrogen) atoms. The second-order valence-electron chi connectivity index (χ2n) is 7.87. The van der Waals surface area contributed by atoms with E-state index in [2.05, 4.69) is 39.7 Å². The maximum Gasteiger partial charge on any atom is 0.123 e. The maximum absolute atomic E-state index is 13.7. The van der Waals surface area contributed by atoms with E-state index in [-0.39, 0.29) is 5.82 Å². The van der Waals surface area contributed by atoms with Gasteiger partial charge in [0, 0.05) is 54.7 Å². The number of benzene rings is 1. The van der Waals surface area contributed by atoms with Crippen molar-refractivity contribution in [2.24, 2.45) is 0 Å². The summed E-state index contributed by atoms with van der Waals surface area (Å²) in [5.41, 5.74) is 4.55. The van der Waals surface area contributed by atoms with Crippen LogP contribution in [0.25, 0.3) is 10.9 Å². The van der Waals surface area contributed by atoms with Gasteiger partial charge in [0.1, 0.15) is 5.82 Å². The highest BCUT2D eigenvalue weighted by molar-refractivity contribution is 5.84. The highest BCUT2D eigenvalue weighted by Crippen LogP contribution is 2.25. The van der Waals surface area contributed by atoms with Crippen LogP contribution in [-0.2, 0) is 13.1 Å². The van der Waals surface area contributed by atoms with Crippen LogP contribution in [0.1, 0.15) is 36.6 Å². The molecule has 1 aromatic carbocycles. The molecule has 1 saturated heterocycles. The molecule has 1 fully saturated rings. The summed E-state index contributed by atoms with van der Waals surface area (Å²) < 4.78 is 13.7. The number of likely N-dealkylation sites (tertiary alicyclic amines) is 1. The molecule has 1 unspecified atom stereocenters. The molecule has 2 aromatic heterocycles. The van der Waals surface area contributed by atoms with Crippen LogP contribution < -0.4 is 0 Å². The van der Waals surface area contributed by atoms with Gasteiger partial charge < -0.3 is 4.98 Å². The Hall–Kier alpha value is -2.24. The van der Waals surface area contributed by atoms with Gasteiger partial charge in [0.2, 0.25) is 0 Å². The second-order valence-corrected chi connectivity index (χ2v) is 7.87. The van der Waals surface area contributed by atoms with Crippen molar-refractivity contribution in [2.75, 3.05) is 19.6 Å². The molecular weight excluding hydrogens is 351 g/mol. The van der Waals surface area contributed by atoms with Gasteiger partial charge in [0.25, 0.3) is 0 Å². The van der Waals surface area contributed by atoms with E-state index in [9.17, 15) is 4.39 Å². The lowest BCUT2D eigenvalue weighted by Gasteiger charge is -2.30. The first kappa shape index (κ1) is 19.1. The average molecular weight is 381 g/mol. The van der Waals surface area contributed by atoms with Crippen LogP contribution in [0.4, 0.5) is 4.39 Å². The molecule has 1 N–H and O–H groups in total. The van der Waals surface area contributed by atoms with E-state index in [1.54, 1.807) is 6.07 Å². The maximum atomic E-state index is 13.7. The summed E-state index contributed by atoms with van der Waals surface area (Å²) in [4.78, 5) is 12.9. The zero-order valence-corrected chi connectivity index (χ0v) is 16.8. The van der Waals surface area contributed by atoms with Crippen LogP contribution in [0.5, 0.6) is 0 Å². The normalized spacial score (nSPS) is 17.8. The quantitative estimate of drug-likeness (QED) is 0.656. The van der Waals surface area contributed by atoms with Gasteiger partial charge in [-0.05, 0) is 68.2 Å². The average Bonchev–Trinajstić information content (AvgIpc) is 3.27. The fraction of sp³-hybridized carbons (Fsp3) is 0.435. The topological polar surface area (TPSA) is 35.2 Å². The number of hydrogen-bond donors (Lipinski definition) is 1. The molecule has 0 amide bonds. The van der Waals surface area contributed by atoms with Crippen molar-refractivity contribution in [3.05, 3.63) is 65.4 Å². The largest absolute Gasteiger partial charge is 0.357 e. The Kier molecular flexibility index (Phi) is 5.74. The summed E-state index contributed by atoms with van der Waals surface area (Å²) in [6, 6.07) is 9.73. The molecule has 4 rings (SSSR count). The van der Waals surface area contributed by atoms with Crippen molar-refractivity contribution in [3.8, 4) is 0 Å². The lowest BCUT2D eigenvalue weighted by atomic mass is 10.1. The number of hydrogen-bond acceptors (Lipinski definition) is 3. The lowest BCUT2D eigenvalue weighted by Crippen LogP contribution is -2.40. The Balaban J connectivity index is 1.58. The van der Waals surface area contributed by atoms with Gasteiger partial charge in [-0.25, -0.2) is 4.39 Å². The highest BCUT2D eigenvalue weighted by atomic mass is 19.1. The summed E-state index contributed by atoms with van der Waals surface area (Å²) in [7, 11) is 0. The first-order valence-electron chi connectivity index (χ1n) is 10.3. The zero-order chi connectivity index (χ0) is 19.5. The number of aromatic amines is 1. The number of halogens is 1. The molecule has 0 bridgehead atoms.